The minimum atomic E-state index is -3.11. The second-order valence-corrected chi connectivity index (χ2v) is 16.2. The minimum Gasteiger partial charge on any atom is -0.503 e. The van der Waals surface area contributed by atoms with E-state index in [0.29, 0.717) is 24.3 Å². The van der Waals surface area contributed by atoms with E-state index in [1.807, 2.05) is 0 Å². The number of carbonyl (C=O) groups excluding carboxylic acids is 4. The lowest BCUT2D eigenvalue weighted by Crippen LogP contribution is -2.50. The Kier molecular flexibility index (Phi) is 12.7. The molecule has 2 fully saturated rings. The normalized spacial score (nSPS) is 19.5. The van der Waals surface area contributed by atoms with E-state index in [2.05, 4.69) is 10.6 Å². The summed E-state index contributed by atoms with van der Waals surface area (Å²) in [4.78, 5) is 77.5. The largest absolute Gasteiger partial charge is 0.503 e. The molecule has 2 saturated heterocycles. The number of halogens is 10. The molecule has 4 aliphatic heterocycles. The molecule has 352 valence electrons. The maximum Gasteiger partial charge on any atom is 0.274 e. The van der Waals surface area contributed by atoms with Crippen LogP contribution >= 0.6 is 0 Å². The number of rotatable bonds is 6. The van der Waals surface area contributed by atoms with Crippen LogP contribution in [0.15, 0.2) is 46.2 Å². The number of aromatic nitrogens is 2. The second kappa shape index (κ2) is 17.8. The van der Waals surface area contributed by atoms with Crippen molar-refractivity contribution in [3.05, 3.63) is 126 Å². The Morgan fingerprint density at radius 2 is 0.924 bits per heavy atom. The molecule has 0 radical (unpaired) electrons. The highest BCUT2D eigenvalue weighted by Gasteiger charge is 2.44. The number of hydrogen-bond donors (Lipinski definition) is 4. The molecule has 4 bridgehead atoms. The zero-order valence-electron chi connectivity index (χ0n) is 34.0. The molecule has 8 rings (SSSR count). The fourth-order valence-electron chi connectivity index (χ4n) is 8.36. The zero-order valence-corrected chi connectivity index (χ0v) is 34.0. The van der Waals surface area contributed by atoms with Gasteiger partial charge in [-0.15, -0.1) is 0 Å². The standard InChI is InChI=1S/2C21H18F5N3O4/c2*22-10-4-14(23)12(15(24)5-10)6-27-19(32)13-8-29-11-2-1-3-21(25,26)9-28(7-11)20(33)16(29)18(31)17(13)30/h2*4-5,8,11,31H,1-3,6-7,9H2,(H,27,32). The van der Waals surface area contributed by atoms with E-state index in [9.17, 15) is 82.9 Å². The first-order valence-corrected chi connectivity index (χ1v) is 20.1. The number of carbonyl (C=O) groups is 4. The number of benzene rings is 2. The number of fused-ring (bicyclic) bond motifs is 8. The molecule has 0 aliphatic carbocycles. The molecule has 2 aromatic heterocycles. The summed E-state index contributed by atoms with van der Waals surface area (Å²) in [7, 11) is 0. The number of alkyl halides is 4. The number of nitrogens with zero attached hydrogens (tertiary/aromatic N) is 4. The molecule has 2 atom stereocenters. The topological polar surface area (TPSA) is 183 Å². The molecule has 2 unspecified atom stereocenters. The third kappa shape index (κ3) is 9.29. The van der Waals surface area contributed by atoms with Crippen LogP contribution in [-0.2, 0) is 13.1 Å². The summed E-state index contributed by atoms with van der Waals surface area (Å²) in [5.41, 5.74) is -5.96. The molecule has 4 aliphatic rings. The Bertz CT molecular complexity index is 2570. The fraction of sp³-hybridized carbons (Fsp3) is 0.381. The van der Waals surface area contributed by atoms with Crippen molar-refractivity contribution in [3.63, 3.8) is 0 Å². The third-order valence-electron chi connectivity index (χ3n) is 11.6. The van der Waals surface area contributed by atoms with Crippen LogP contribution in [0.1, 0.15) is 103 Å². The predicted molar refractivity (Wildman–Crippen MR) is 207 cm³/mol. The maximum absolute atomic E-state index is 14.0. The van der Waals surface area contributed by atoms with E-state index < -0.39 is 177 Å². The molecule has 4 N–H and O–H groups in total. The van der Waals surface area contributed by atoms with Gasteiger partial charge in [-0.1, -0.05) is 0 Å². The molecule has 6 heterocycles. The summed E-state index contributed by atoms with van der Waals surface area (Å²) in [5, 5.41) is 25.0. The lowest BCUT2D eigenvalue weighted by molar-refractivity contribution is -0.0490. The SMILES string of the molecule is O=C(NCc1c(F)cc(F)cc1F)c1cn2c(c(O)c1=O)C(=O)N1CC2CCCC(F)(F)C1.O=C(NCc1c(F)cc(F)cc1F)c1cn2c(c(O)c1=O)C(=O)N1CC2CCCC(F)(F)C1. The molecular weight excluding hydrogens is 906 g/mol. The summed E-state index contributed by atoms with van der Waals surface area (Å²) >= 11 is 0. The van der Waals surface area contributed by atoms with Gasteiger partial charge in [-0.25, -0.2) is 43.9 Å². The average Bonchev–Trinajstić information content (AvgIpc) is 3.20. The van der Waals surface area contributed by atoms with Gasteiger partial charge in [0.2, 0.25) is 10.9 Å². The Hall–Kier alpha value is -6.88. The molecular formula is C42H36F10N6O8. The van der Waals surface area contributed by atoms with Crippen molar-refractivity contribution in [1.29, 1.82) is 0 Å². The highest BCUT2D eigenvalue weighted by Crippen LogP contribution is 2.37. The van der Waals surface area contributed by atoms with Crippen LogP contribution < -0.4 is 21.5 Å². The Balaban J connectivity index is 0.000000196. The van der Waals surface area contributed by atoms with Crippen LogP contribution in [0.3, 0.4) is 0 Å². The van der Waals surface area contributed by atoms with Gasteiger partial charge in [0, 0.05) is 86.8 Å². The minimum absolute atomic E-state index is 0.100. The Labute approximate surface area is 365 Å². The summed E-state index contributed by atoms with van der Waals surface area (Å²) in [6, 6.07) is 0.580. The Morgan fingerprint density at radius 3 is 1.26 bits per heavy atom. The van der Waals surface area contributed by atoms with E-state index in [0.717, 1.165) is 22.2 Å². The van der Waals surface area contributed by atoms with E-state index in [4.69, 9.17) is 0 Å². The summed E-state index contributed by atoms with van der Waals surface area (Å²) in [6.07, 6.45) is 1.78. The molecule has 4 aromatic rings. The lowest BCUT2D eigenvalue weighted by atomic mass is 9.97. The summed E-state index contributed by atoms with van der Waals surface area (Å²) < 4.78 is 140. The van der Waals surface area contributed by atoms with Crippen LogP contribution in [0.25, 0.3) is 0 Å². The summed E-state index contributed by atoms with van der Waals surface area (Å²) in [5.74, 6) is -19.8. The first kappa shape index (κ1) is 47.1. The number of aromatic hydroxyl groups is 2. The van der Waals surface area contributed by atoms with Crippen molar-refractivity contribution in [2.45, 2.75) is 75.5 Å². The first-order chi connectivity index (χ1) is 31.0. The monoisotopic (exact) mass is 942 g/mol. The second-order valence-electron chi connectivity index (χ2n) is 16.2. The third-order valence-corrected chi connectivity index (χ3v) is 11.6. The molecule has 24 heteroatoms. The number of nitrogens with one attached hydrogen (secondary N) is 2. The lowest BCUT2D eigenvalue weighted by Gasteiger charge is -2.40. The smallest absolute Gasteiger partial charge is 0.274 e. The summed E-state index contributed by atoms with van der Waals surface area (Å²) in [6.45, 7) is -3.35. The van der Waals surface area contributed by atoms with E-state index in [1.165, 1.54) is 9.13 Å². The van der Waals surface area contributed by atoms with Crippen LogP contribution in [0.4, 0.5) is 43.9 Å². The quantitative estimate of drug-likeness (QED) is 0.185. The zero-order chi connectivity index (χ0) is 48.2. The predicted octanol–water partition coefficient (Wildman–Crippen LogP) is 5.43. The van der Waals surface area contributed by atoms with Gasteiger partial charge in [-0.05, 0) is 25.7 Å². The maximum atomic E-state index is 14.0. The molecule has 4 amide bonds. The van der Waals surface area contributed by atoms with Crippen molar-refractivity contribution in [1.82, 2.24) is 29.6 Å². The van der Waals surface area contributed by atoms with Crippen molar-refractivity contribution >= 4 is 23.6 Å². The van der Waals surface area contributed by atoms with Gasteiger partial charge in [0.25, 0.3) is 35.5 Å². The first-order valence-electron chi connectivity index (χ1n) is 20.1. The average molecular weight is 943 g/mol. The molecule has 14 nitrogen and oxygen atoms in total. The Morgan fingerprint density at radius 1 is 0.591 bits per heavy atom. The van der Waals surface area contributed by atoms with Crippen LogP contribution in [0.5, 0.6) is 11.5 Å². The van der Waals surface area contributed by atoms with Crippen molar-refractivity contribution in [2.24, 2.45) is 0 Å². The number of hydrogen-bond acceptors (Lipinski definition) is 8. The van der Waals surface area contributed by atoms with Gasteiger partial charge in [0.15, 0.2) is 22.9 Å². The van der Waals surface area contributed by atoms with Gasteiger partial charge in [-0.3, -0.25) is 28.8 Å². The van der Waals surface area contributed by atoms with Crippen LogP contribution in [-0.4, -0.2) is 90.8 Å². The number of pyridine rings is 2. The molecule has 0 saturated carbocycles. The highest BCUT2D eigenvalue weighted by molar-refractivity contribution is 6.00. The fourth-order valence-corrected chi connectivity index (χ4v) is 8.36. The highest BCUT2D eigenvalue weighted by atomic mass is 19.3. The van der Waals surface area contributed by atoms with Crippen LogP contribution in [0.2, 0.25) is 0 Å². The molecule has 2 aromatic carbocycles. The molecule has 0 spiro atoms. The van der Waals surface area contributed by atoms with Gasteiger partial charge < -0.3 is 39.8 Å². The van der Waals surface area contributed by atoms with E-state index >= 15 is 0 Å². The van der Waals surface area contributed by atoms with Gasteiger partial charge in [0.1, 0.15) is 46.0 Å². The van der Waals surface area contributed by atoms with Gasteiger partial charge >= 0.3 is 0 Å². The number of amides is 4. The van der Waals surface area contributed by atoms with Crippen molar-refractivity contribution in [2.75, 3.05) is 26.2 Å². The van der Waals surface area contributed by atoms with Crippen molar-refractivity contribution in [3.8, 4) is 11.5 Å². The van der Waals surface area contributed by atoms with Gasteiger partial charge in [-0.2, -0.15) is 0 Å². The van der Waals surface area contributed by atoms with Gasteiger partial charge in [0.05, 0.1) is 25.2 Å². The van der Waals surface area contributed by atoms with E-state index in [1.54, 1.807) is 0 Å². The van der Waals surface area contributed by atoms with Crippen LogP contribution in [0, 0.1) is 34.9 Å². The van der Waals surface area contributed by atoms with Crippen molar-refractivity contribution < 1.29 is 73.3 Å². The molecule has 66 heavy (non-hydrogen) atoms. The van der Waals surface area contributed by atoms with E-state index in [-0.39, 0.29) is 38.8 Å².